The van der Waals surface area contributed by atoms with E-state index in [1.54, 1.807) is 23.0 Å². The van der Waals surface area contributed by atoms with Gasteiger partial charge in [0.05, 0.1) is 22.3 Å². The Morgan fingerprint density at radius 1 is 1.12 bits per heavy atom. The number of nitrogens with one attached hydrogen (secondary N) is 1. The fourth-order valence-corrected chi connectivity index (χ4v) is 3.21. The summed E-state index contributed by atoms with van der Waals surface area (Å²) in [6.07, 6.45) is 4.32. The Morgan fingerprint density at radius 2 is 1.77 bits per heavy atom. The lowest BCUT2D eigenvalue weighted by Gasteiger charge is -2.05. The van der Waals surface area contributed by atoms with Crippen molar-refractivity contribution in [1.29, 1.82) is 0 Å². The second kappa shape index (κ2) is 7.43. The molecule has 2 aromatic carbocycles. The fourth-order valence-electron chi connectivity index (χ4n) is 2.31. The van der Waals surface area contributed by atoms with Gasteiger partial charge < -0.3 is 5.32 Å². The molecule has 1 amide bonds. The number of carbonyl (C=O) groups is 1. The molecule has 1 N–H and O–H groups in total. The Morgan fingerprint density at radius 3 is 2.38 bits per heavy atom. The summed E-state index contributed by atoms with van der Waals surface area (Å²) in [5, 5.41) is 7.00. The molecule has 3 aromatic rings. The summed E-state index contributed by atoms with van der Waals surface area (Å²) in [6, 6.07) is 14.0. The molecule has 1 heterocycles. The Kier molecular flexibility index (Phi) is 5.24. The van der Waals surface area contributed by atoms with Crippen molar-refractivity contribution in [1.82, 2.24) is 15.1 Å². The van der Waals surface area contributed by atoms with Gasteiger partial charge in [-0.3, -0.25) is 4.79 Å². The third kappa shape index (κ3) is 4.39. The highest BCUT2D eigenvalue weighted by molar-refractivity contribution is 9.10. The summed E-state index contributed by atoms with van der Waals surface area (Å²) in [5.74, 6) is -0.249. The van der Waals surface area contributed by atoms with Crippen LogP contribution in [0.4, 0.5) is 0 Å². The summed E-state index contributed by atoms with van der Waals surface area (Å²) < 4.78 is 25.5. The van der Waals surface area contributed by atoms with Crippen LogP contribution in [0.2, 0.25) is 0 Å². The number of aromatic nitrogens is 2. The molecular weight excluding hydrogens is 418 g/mol. The van der Waals surface area contributed by atoms with Crippen LogP contribution in [0.15, 0.2) is 70.3 Å². The number of halogens is 1. The molecule has 0 aliphatic heterocycles. The molecule has 0 aliphatic carbocycles. The van der Waals surface area contributed by atoms with Crippen LogP contribution in [-0.4, -0.2) is 30.4 Å². The van der Waals surface area contributed by atoms with Crippen molar-refractivity contribution in [2.24, 2.45) is 0 Å². The molecule has 0 spiro atoms. The van der Waals surface area contributed by atoms with Crippen LogP contribution in [0.5, 0.6) is 0 Å². The SMILES string of the molecule is CS(=O)(=O)c1ccc(CNC(=O)c2cnn(-c3ccc(Br)cc3)c2)cc1. The molecule has 8 heteroatoms. The van der Waals surface area contributed by atoms with Crippen molar-refractivity contribution in [2.45, 2.75) is 11.4 Å². The van der Waals surface area contributed by atoms with Crippen LogP contribution in [-0.2, 0) is 16.4 Å². The zero-order chi connectivity index (χ0) is 18.7. The lowest BCUT2D eigenvalue weighted by molar-refractivity contribution is 0.0951. The zero-order valence-electron chi connectivity index (χ0n) is 13.9. The van der Waals surface area contributed by atoms with Crippen LogP contribution >= 0.6 is 15.9 Å². The normalized spacial score (nSPS) is 11.3. The number of benzene rings is 2. The number of hydrogen-bond acceptors (Lipinski definition) is 4. The maximum Gasteiger partial charge on any atom is 0.254 e. The average molecular weight is 434 g/mol. The van der Waals surface area contributed by atoms with Crippen molar-refractivity contribution in [3.8, 4) is 5.69 Å². The average Bonchev–Trinajstić information content (AvgIpc) is 3.10. The molecule has 1 aromatic heterocycles. The summed E-state index contributed by atoms with van der Waals surface area (Å²) in [6.45, 7) is 0.298. The van der Waals surface area contributed by atoms with E-state index in [2.05, 4.69) is 26.3 Å². The molecule has 26 heavy (non-hydrogen) atoms. The molecule has 0 fully saturated rings. The first-order valence-corrected chi connectivity index (χ1v) is 10.4. The monoisotopic (exact) mass is 433 g/mol. The molecule has 6 nitrogen and oxygen atoms in total. The van der Waals surface area contributed by atoms with Gasteiger partial charge >= 0.3 is 0 Å². The van der Waals surface area contributed by atoms with E-state index in [1.807, 2.05) is 24.3 Å². The first kappa shape index (κ1) is 18.3. The smallest absolute Gasteiger partial charge is 0.254 e. The second-order valence-corrected chi connectivity index (χ2v) is 8.68. The molecule has 0 unspecified atom stereocenters. The van der Waals surface area contributed by atoms with Crippen molar-refractivity contribution in [3.63, 3.8) is 0 Å². The highest BCUT2D eigenvalue weighted by Gasteiger charge is 2.10. The Bertz CT molecular complexity index is 1030. The van der Waals surface area contributed by atoms with E-state index in [-0.39, 0.29) is 10.8 Å². The minimum absolute atomic E-state index is 0.249. The standard InChI is InChI=1S/C18H16BrN3O3S/c1-26(24,25)17-8-2-13(3-9-17)10-20-18(23)14-11-21-22(12-14)16-6-4-15(19)5-7-16/h2-9,11-12H,10H2,1H3,(H,20,23). The minimum Gasteiger partial charge on any atom is -0.348 e. The van der Waals surface area contributed by atoms with Crippen molar-refractivity contribution in [3.05, 3.63) is 76.5 Å². The van der Waals surface area contributed by atoms with E-state index in [1.165, 1.54) is 18.3 Å². The van der Waals surface area contributed by atoms with Gasteiger partial charge in [0.25, 0.3) is 5.91 Å². The third-order valence-corrected chi connectivity index (χ3v) is 5.40. The van der Waals surface area contributed by atoms with E-state index in [4.69, 9.17) is 0 Å². The maximum absolute atomic E-state index is 12.3. The van der Waals surface area contributed by atoms with Gasteiger partial charge in [-0.2, -0.15) is 5.10 Å². The number of rotatable bonds is 5. The second-order valence-electron chi connectivity index (χ2n) is 5.75. The quantitative estimate of drug-likeness (QED) is 0.670. The van der Waals surface area contributed by atoms with Gasteiger partial charge in [-0.1, -0.05) is 28.1 Å². The van der Waals surface area contributed by atoms with Gasteiger partial charge in [-0.25, -0.2) is 13.1 Å². The lowest BCUT2D eigenvalue weighted by atomic mass is 10.2. The number of carbonyl (C=O) groups excluding carboxylic acids is 1. The van der Waals surface area contributed by atoms with Crippen LogP contribution in [0.25, 0.3) is 5.69 Å². The molecule has 3 rings (SSSR count). The van der Waals surface area contributed by atoms with Gasteiger partial charge in [-0.15, -0.1) is 0 Å². The van der Waals surface area contributed by atoms with Crippen LogP contribution in [0, 0.1) is 0 Å². The van der Waals surface area contributed by atoms with E-state index >= 15 is 0 Å². The number of nitrogens with zero attached hydrogens (tertiary/aromatic N) is 2. The summed E-state index contributed by atoms with van der Waals surface area (Å²) in [7, 11) is -3.22. The summed E-state index contributed by atoms with van der Waals surface area (Å²) in [5.41, 5.74) is 2.11. The van der Waals surface area contributed by atoms with Gasteiger partial charge in [0.15, 0.2) is 9.84 Å². The molecule has 0 radical (unpaired) electrons. The largest absolute Gasteiger partial charge is 0.348 e. The predicted octanol–water partition coefficient (Wildman–Crippen LogP) is 2.97. The van der Waals surface area contributed by atoms with Crippen molar-refractivity contribution < 1.29 is 13.2 Å². The van der Waals surface area contributed by atoms with Gasteiger partial charge in [-0.05, 0) is 42.0 Å². The molecule has 0 saturated carbocycles. The number of hydrogen-bond donors (Lipinski definition) is 1. The maximum atomic E-state index is 12.3. The molecule has 0 bridgehead atoms. The highest BCUT2D eigenvalue weighted by Crippen LogP contribution is 2.14. The van der Waals surface area contributed by atoms with E-state index in [0.717, 1.165) is 22.0 Å². The van der Waals surface area contributed by atoms with Crippen molar-refractivity contribution >= 4 is 31.7 Å². The van der Waals surface area contributed by atoms with Gasteiger partial charge in [0, 0.05) is 23.5 Å². The van der Waals surface area contributed by atoms with E-state index in [9.17, 15) is 13.2 Å². The van der Waals surface area contributed by atoms with Crippen LogP contribution in [0.3, 0.4) is 0 Å². The third-order valence-electron chi connectivity index (χ3n) is 3.74. The van der Waals surface area contributed by atoms with Gasteiger partial charge in [0.1, 0.15) is 0 Å². The number of sulfone groups is 1. The van der Waals surface area contributed by atoms with Crippen LogP contribution < -0.4 is 5.32 Å². The minimum atomic E-state index is -3.22. The molecular formula is C18H16BrN3O3S. The Labute approximate surface area is 159 Å². The first-order chi connectivity index (χ1) is 12.3. The zero-order valence-corrected chi connectivity index (χ0v) is 16.3. The molecule has 0 aliphatic rings. The molecule has 0 atom stereocenters. The lowest BCUT2D eigenvalue weighted by Crippen LogP contribution is -2.22. The number of amides is 1. The topological polar surface area (TPSA) is 81.1 Å². The predicted molar refractivity (Wildman–Crippen MR) is 102 cm³/mol. The van der Waals surface area contributed by atoms with E-state index in [0.29, 0.717) is 12.1 Å². The first-order valence-electron chi connectivity index (χ1n) is 7.71. The van der Waals surface area contributed by atoms with E-state index < -0.39 is 9.84 Å². The van der Waals surface area contributed by atoms with Gasteiger partial charge in [0.2, 0.25) is 0 Å². The summed E-state index contributed by atoms with van der Waals surface area (Å²) in [4.78, 5) is 12.5. The molecule has 0 saturated heterocycles. The summed E-state index contributed by atoms with van der Waals surface area (Å²) >= 11 is 3.38. The molecule has 134 valence electrons. The van der Waals surface area contributed by atoms with Crippen LogP contribution in [0.1, 0.15) is 15.9 Å². The Hall–Kier alpha value is -2.45. The van der Waals surface area contributed by atoms with Crippen molar-refractivity contribution in [2.75, 3.05) is 6.26 Å². The highest BCUT2D eigenvalue weighted by atomic mass is 79.9. The Balaban J connectivity index is 1.64. The fraction of sp³-hybridized carbons (Fsp3) is 0.111.